The van der Waals surface area contributed by atoms with Gasteiger partial charge in [-0.05, 0) is 24.3 Å². The summed E-state index contributed by atoms with van der Waals surface area (Å²) in [5.74, 6) is -1.41. The molecule has 3 nitrogen and oxygen atoms in total. The van der Waals surface area contributed by atoms with Crippen LogP contribution in [0.3, 0.4) is 0 Å². The van der Waals surface area contributed by atoms with E-state index < -0.39 is 11.6 Å². The van der Waals surface area contributed by atoms with E-state index in [-0.39, 0.29) is 16.2 Å². The average molecular weight is 293 g/mol. The molecule has 0 aliphatic heterocycles. The zero-order chi connectivity index (χ0) is 14.7. The highest BCUT2D eigenvalue weighted by Gasteiger charge is 2.16. The number of thiocarbonyl (C=S) groups is 1. The van der Waals surface area contributed by atoms with Crippen molar-refractivity contribution in [1.82, 2.24) is 4.98 Å². The molecule has 2 rings (SSSR count). The minimum Gasteiger partial charge on any atom is -0.389 e. The van der Waals surface area contributed by atoms with Crippen LogP contribution >= 0.6 is 12.2 Å². The van der Waals surface area contributed by atoms with Crippen LogP contribution in [0.25, 0.3) is 0 Å². The highest BCUT2D eigenvalue weighted by atomic mass is 32.1. The molecule has 1 aromatic carbocycles. The van der Waals surface area contributed by atoms with Gasteiger partial charge in [0.05, 0.1) is 12.2 Å². The lowest BCUT2D eigenvalue weighted by molar-refractivity contribution is 0.575. The highest BCUT2D eigenvalue weighted by Crippen LogP contribution is 2.25. The summed E-state index contributed by atoms with van der Waals surface area (Å²) in [5.41, 5.74) is 6.13. The summed E-state index contributed by atoms with van der Waals surface area (Å²) < 4.78 is 28.0. The number of aromatic nitrogens is 1. The Morgan fingerprint density at radius 1 is 1.30 bits per heavy atom. The van der Waals surface area contributed by atoms with Gasteiger partial charge in [0.2, 0.25) is 0 Å². The fourth-order valence-corrected chi connectivity index (χ4v) is 2.00. The number of pyridine rings is 1. The van der Waals surface area contributed by atoms with Crippen molar-refractivity contribution in [2.75, 3.05) is 11.9 Å². The first kappa shape index (κ1) is 14.3. The number of hydrogen-bond acceptors (Lipinski definition) is 3. The van der Waals surface area contributed by atoms with Crippen LogP contribution in [0.5, 0.6) is 0 Å². The number of halogens is 2. The Hall–Kier alpha value is -2.08. The predicted octanol–water partition coefficient (Wildman–Crippen LogP) is 2.63. The van der Waals surface area contributed by atoms with E-state index in [1.807, 2.05) is 6.07 Å². The largest absolute Gasteiger partial charge is 0.389 e. The van der Waals surface area contributed by atoms with Gasteiger partial charge in [-0.15, -0.1) is 0 Å². The number of benzene rings is 1. The lowest BCUT2D eigenvalue weighted by atomic mass is 10.1. The summed E-state index contributed by atoms with van der Waals surface area (Å²) in [6.07, 6.45) is 1.63. The van der Waals surface area contributed by atoms with Crippen molar-refractivity contribution in [2.45, 2.75) is 6.54 Å². The highest BCUT2D eigenvalue weighted by molar-refractivity contribution is 7.80. The van der Waals surface area contributed by atoms with E-state index >= 15 is 0 Å². The van der Waals surface area contributed by atoms with Crippen LogP contribution in [0.1, 0.15) is 11.3 Å². The summed E-state index contributed by atoms with van der Waals surface area (Å²) in [5, 5.41) is 0. The minimum absolute atomic E-state index is 0.0401. The molecule has 0 aliphatic rings. The van der Waals surface area contributed by atoms with E-state index in [1.165, 1.54) is 4.90 Å². The Kier molecular flexibility index (Phi) is 4.24. The molecule has 0 amide bonds. The molecule has 0 spiro atoms. The lowest BCUT2D eigenvalue weighted by Gasteiger charge is -2.20. The average Bonchev–Trinajstić information content (AvgIpc) is 2.38. The standard InChI is InChI=1S/C14H13F2N3S/c1-19(8-10-4-2-3-5-18-10)13-11(15)6-9(14(17)20)7-12(13)16/h2-7H,8H2,1H3,(H2,17,20). The van der Waals surface area contributed by atoms with Crippen LogP contribution in [0.15, 0.2) is 36.5 Å². The van der Waals surface area contributed by atoms with Crippen LogP contribution in [-0.4, -0.2) is 17.0 Å². The third kappa shape index (κ3) is 3.08. The molecule has 6 heteroatoms. The number of nitrogens with two attached hydrogens (primary N) is 1. The summed E-state index contributed by atoms with van der Waals surface area (Å²) >= 11 is 4.72. The summed E-state index contributed by atoms with van der Waals surface area (Å²) in [6.45, 7) is 0.293. The fraction of sp³-hybridized carbons (Fsp3) is 0.143. The molecule has 0 saturated carbocycles. The first-order chi connectivity index (χ1) is 9.49. The quantitative estimate of drug-likeness (QED) is 0.880. The maximum atomic E-state index is 14.0. The third-order valence-corrected chi connectivity index (χ3v) is 3.04. The van der Waals surface area contributed by atoms with E-state index in [1.54, 1.807) is 25.4 Å². The normalized spacial score (nSPS) is 10.3. The molecule has 0 unspecified atom stereocenters. The van der Waals surface area contributed by atoms with Crippen LogP contribution in [0.4, 0.5) is 14.5 Å². The maximum absolute atomic E-state index is 14.0. The Labute approximate surface area is 121 Å². The van der Waals surface area contributed by atoms with Crippen molar-refractivity contribution in [3.05, 3.63) is 59.4 Å². The predicted molar refractivity (Wildman–Crippen MR) is 78.6 cm³/mol. The first-order valence-electron chi connectivity index (χ1n) is 5.89. The number of nitrogens with zero attached hydrogens (tertiary/aromatic N) is 2. The molecule has 0 aliphatic carbocycles. The number of rotatable bonds is 4. The molecule has 20 heavy (non-hydrogen) atoms. The fourth-order valence-electron chi connectivity index (χ4n) is 1.89. The van der Waals surface area contributed by atoms with Crippen LogP contribution in [0.2, 0.25) is 0 Å². The van der Waals surface area contributed by atoms with Crippen LogP contribution in [-0.2, 0) is 6.54 Å². The molecule has 0 atom stereocenters. The van der Waals surface area contributed by atoms with Gasteiger partial charge in [0, 0.05) is 18.8 Å². The lowest BCUT2D eigenvalue weighted by Crippen LogP contribution is -2.21. The van der Waals surface area contributed by atoms with Crippen molar-refractivity contribution in [3.63, 3.8) is 0 Å². The van der Waals surface area contributed by atoms with Gasteiger partial charge in [0.1, 0.15) is 22.3 Å². The van der Waals surface area contributed by atoms with Crippen molar-refractivity contribution < 1.29 is 8.78 Å². The van der Waals surface area contributed by atoms with Crippen LogP contribution < -0.4 is 10.6 Å². The Morgan fingerprint density at radius 3 is 2.45 bits per heavy atom. The number of hydrogen-bond donors (Lipinski definition) is 1. The van der Waals surface area contributed by atoms with E-state index in [2.05, 4.69) is 4.98 Å². The second kappa shape index (κ2) is 5.92. The van der Waals surface area contributed by atoms with Crippen molar-refractivity contribution >= 4 is 22.9 Å². The van der Waals surface area contributed by atoms with Gasteiger partial charge in [0.15, 0.2) is 0 Å². The molecule has 2 aromatic rings. The zero-order valence-electron chi connectivity index (χ0n) is 10.8. The van der Waals surface area contributed by atoms with Gasteiger partial charge >= 0.3 is 0 Å². The molecular weight excluding hydrogens is 280 g/mol. The molecular formula is C14H13F2N3S. The van der Waals surface area contributed by atoms with Crippen LogP contribution in [0, 0.1) is 11.6 Å². The van der Waals surface area contributed by atoms with Gasteiger partial charge < -0.3 is 10.6 Å². The summed E-state index contributed by atoms with van der Waals surface area (Å²) in [6, 6.07) is 7.65. The zero-order valence-corrected chi connectivity index (χ0v) is 11.6. The molecule has 2 N–H and O–H groups in total. The van der Waals surface area contributed by atoms with E-state index in [0.29, 0.717) is 12.2 Å². The smallest absolute Gasteiger partial charge is 0.150 e. The van der Waals surface area contributed by atoms with Gasteiger partial charge in [-0.1, -0.05) is 18.3 Å². The molecule has 0 bridgehead atoms. The first-order valence-corrected chi connectivity index (χ1v) is 6.29. The Bertz CT molecular complexity index is 609. The van der Waals surface area contributed by atoms with Gasteiger partial charge in [-0.25, -0.2) is 8.78 Å². The molecule has 1 aromatic heterocycles. The molecule has 0 fully saturated rings. The second-order valence-electron chi connectivity index (χ2n) is 4.33. The third-order valence-electron chi connectivity index (χ3n) is 2.81. The summed E-state index contributed by atoms with van der Waals surface area (Å²) in [7, 11) is 1.59. The van der Waals surface area contributed by atoms with E-state index in [0.717, 1.165) is 12.1 Å². The molecule has 1 heterocycles. The van der Waals surface area contributed by atoms with Gasteiger partial charge in [0.25, 0.3) is 0 Å². The van der Waals surface area contributed by atoms with Crippen molar-refractivity contribution in [2.24, 2.45) is 5.73 Å². The second-order valence-corrected chi connectivity index (χ2v) is 4.77. The molecule has 0 saturated heterocycles. The molecule has 104 valence electrons. The van der Waals surface area contributed by atoms with Crippen molar-refractivity contribution in [3.8, 4) is 0 Å². The molecule has 0 radical (unpaired) electrons. The maximum Gasteiger partial charge on any atom is 0.150 e. The Balaban J connectivity index is 2.30. The number of anilines is 1. The van der Waals surface area contributed by atoms with Gasteiger partial charge in [-0.2, -0.15) is 0 Å². The summed E-state index contributed by atoms with van der Waals surface area (Å²) in [4.78, 5) is 5.54. The van der Waals surface area contributed by atoms with E-state index in [9.17, 15) is 8.78 Å². The monoisotopic (exact) mass is 293 g/mol. The van der Waals surface area contributed by atoms with Crippen molar-refractivity contribution in [1.29, 1.82) is 0 Å². The SMILES string of the molecule is CN(Cc1ccccn1)c1c(F)cc(C(N)=S)cc1F. The Morgan fingerprint density at radius 2 is 1.95 bits per heavy atom. The topological polar surface area (TPSA) is 42.2 Å². The van der Waals surface area contributed by atoms with Gasteiger partial charge in [-0.3, -0.25) is 4.98 Å². The minimum atomic E-state index is -0.703. The van der Waals surface area contributed by atoms with E-state index in [4.69, 9.17) is 18.0 Å².